The van der Waals surface area contributed by atoms with Crippen molar-refractivity contribution in [1.82, 2.24) is 14.1 Å². The van der Waals surface area contributed by atoms with E-state index in [0.717, 1.165) is 5.56 Å². The average molecular weight is 393 g/mol. The topological polar surface area (TPSA) is 87.2 Å². The Morgan fingerprint density at radius 1 is 1.19 bits per heavy atom. The molecule has 3 heterocycles. The molecule has 3 aliphatic rings. The Labute approximate surface area is 158 Å². The van der Waals surface area contributed by atoms with E-state index in [-0.39, 0.29) is 30.3 Å². The first-order valence-corrected chi connectivity index (χ1v) is 10.9. The van der Waals surface area contributed by atoms with Gasteiger partial charge in [-0.2, -0.15) is 0 Å². The molecule has 0 radical (unpaired) electrons. The van der Waals surface area contributed by atoms with Crippen molar-refractivity contribution < 1.29 is 22.7 Å². The van der Waals surface area contributed by atoms with Crippen LogP contribution in [-0.2, 0) is 19.6 Å². The molecule has 0 unspecified atom stereocenters. The van der Waals surface area contributed by atoms with E-state index >= 15 is 0 Å². The fraction of sp³-hybridized carbons (Fsp3) is 0.556. The third kappa shape index (κ3) is 3.41. The minimum atomic E-state index is -3.25. The van der Waals surface area contributed by atoms with Crippen molar-refractivity contribution in [2.24, 2.45) is 11.8 Å². The molecule has 146 valence electrons. The predicted octanol–water partition coefficient (Wildman–Crippen LogP) is 0.530. The first kappa shape index (κ1) is 18.2. The van der Waals surface area contributed by atoms with Crippen LogP contribution in [0.5, 0.6) is 0 Å². The zero-order valence-corrected chi connectivity index (χ0v) is 16.0. The molecular formula is C18H23N3O5S. The van der Waals surface area contributed by atoms with Crippen LogP contribution in [0.2, 0.25) is 0 Å². The van der Waals surface area contributed by atoms with Gasteiger partial charge in [0.2, 0.25) is 15.9 Å². The number of benzene rings is 1. The number of hydrogen-bond donors (Lipinski definition) is 0. The number of sulfonamides is 1. The number of nitrogens with zero attached hydrogens (tertiary/aromatic N) is 3. The highest BCUT2D eigenvalue weighted by molar-refractivity contribution is 7.88. The average Bonchev–Trinajstić information content (AvgIpc) is 3.29. The largest absolute Gasteiger partial charge is 0.448 e. The Morgan fingerprint density at radius 3 is 2.56 bits per heavy atom. The van der Waals surface area contributed by atoms with Gasteiger partial charge in [-0.3, -0.25) is 9.69 Å². The third-order valence-electron chi connectivity index (χ3n) is 5.73. The summed E-state index contributed by atoms with van der Waals surface area (Å²) in [7, 11) is -3.25. The number of rotatable bonds is 4. The van der Waals surface area contributed by atoms with Crippen molar-refractivity contribution in [2.45, 2.75) is 6.04 Å². The molecule has 8 nitrogen and oxygen atoms in total. The normalized spacial score (nSPS) is 28.5. The van der Waals surface area contributed by atoms with Crippen LogP contribution in [0, 0.1) is 11.8 Å². The summed E-state index contributed by atoms with van der Waals surface area (Å²) in [5, 5.41) is 0. The minimum Gasteiger partial charge on any atom is -0.448 e. The van der Waals surface area contributed by atoms with Gasteiger partial charge in [-0.1, -0.05) is 30.3 Å². The summed E-state index contributed by atoms with van der Waals surface area (Å²) in [6, 6.07) is 9.52. The first-order valence-electron chi connectivity index (χ1n) is 9.06. The van der Waals surface area contributed by atoms with Gasteiger partial charge in [-0.25, -0.2) is 17.5 Å². The van der Waals surface area contributed by atoms with E-state index in [0.29, 0.717) is 32.8 Å². The van der Waals surface area contributed by atoms with Crippen molar-refractivity contribution in [3.05, 3.63) is 35.9 Å². The molecule has 27 heavy (non-hydrogen) atoms. The Kier molecular flexibility index (Phi) is 4.59. The smallest absolute Gasteiger partial charge is 0.410 e. The van der Waals surface area contributed by atoms with Gasteiger partial charge in [0, 0.05) is 25.6 Å². The van der Waals surface area contributed by atoms with Gasteiger partial charge in [-0.15, -0.1) is 0 Å². The Bertz CT molecular complexity index is 844. The second-order valence-electron chi connectivity index (χ2n) is 7.44. The zero-order chi connectivity index (χ0) is 19.2. The SMILES string of the molecule is CS(=O)(=O)N1C[C@H]2CN(C(=O)CN3CCOC3=O)[C@H](c3ccccc3)[C@H]2C1. The number of likely N-dealkylation sites (tertiary alicyclic amines) is 1. The fourth-order valence-corrected chi connectivity index (χ4v) is 5.34. The Balaban J connectivity index is 1.58. The van der Waals surface area contributed by atoms with Gasteiger partial charge in [-0.05, 0) is 11.5 Å². The fourth-order valence-electron chi connectivity index (χ4n) is 4.43. The number of carbonyl (C=O) groups excluding carboxylic acids is 2. The number of fused-ring (bicyclic) bond motifs is 1. The highest BCUT2D eigenvalue weighted by Gasteiger charge is 2.51. The number of ether oxygens (including phenoxy) is 1. The maximum Gasteiger partial charge on any atom is 0.410 e. The summed E-state index contributed by atoms with van der Waals surface area (Å²) >= 11 is 0. The summed E-state index contributed by atoms with van der Waals surface area (Å²) in [6.07, 6.45) is 0.773. The van der Waals surface area contributed by atoms with Gasteiger partial charge in [0.05, 0.1) is 18.8 Å². The van der Waals surface area contributed by atoms with Gasteiger partial charge in [0.15, 0.2) is 0 Å². The molecule has 0 aromatic heterocycles. The first-order chi connectivity index (χ1) is 12.8. The van der Waals surface area contributed by atoms with Crippen molar-refractivity contribution >= 4 is 22.0 Å². The summed E-state index contributed by atoms with van der Waals surface area (Å²) < 4.78 is 30.4. The number of hydrogen-bond acceptors (Lipinski definition) is 5. The maximum absolute atomic E-state index is 13.0. The van der Waals surface area contributed by atoms with E-state index in [1.165, 1.54) is 15.5 Å². The van der Waals surface area contributed by atoms with Crippen LogP contribution in [0.1, 0.15) is 11.6 Å². The second-order valence-corrected chi connectivity index (χ2v) is 9.42. The van der Waals surface area contributed by atoms with Crippen molar-refractivity contribution in [3.63, 3.8) is 0 Å². The van der Waals surface area contributed by atoms with E-state index in [1.807, 2.05) is 35.2 Å². The van der Waals surface area contributed by atoms with Crippen LogP contribution in [0.4, 0.5) is 4.79 Å². The number of cyclic esters (lactones) is 1. The van der Waals surface area contributed by atoms with Crippen LogP contribution in [0.3, 0.4) is 0 Å². The summed E-state index contributed by atoms with van der Waals surface area (Å²) in [6.45, 7) is 2.07. The molecule has 4 rings (SSSR count). The lowest BCUT2D eigenvalue weighted by atomic mass is 9.89. The highest BCUT2D eigenvalue weighted by Crippen LogP contribution is 2.45. The molecule has 9 heteroatoms. The second kappa shape index (κ2) is 6.79. The van der Waals surface area contributed by atoms with E-state index in [1.54, 1.807) is 0 Å². The molecular weight excluding hydrogens is 370 g/mol. The molecule has 2 amide bonds. The summed E-state index contributed by atoms with van der Waals surface area (Å²) in [4.78, 5) is 27.9. The van der Waals surface area contributed by atoms with Gasteiger partial charge in [0.25, 0.3) is 0 Å². The van der Waals surface area contributed by atoms with Crippen molar-refractivity contribution in [2.75, 3.05) is 45.6 Å². The molecule has 1 aromatic rings. The molecule has 0 saturated carbocycles. The lowest BCUT2D eigenvalue weighted by molar-refractivity contribution is -0.133. The molecule has 3 aliphatic heterocycles. The van der Waals surface area contributed by atoms with Crippen molar-refractivity contribution in [1.29, 1.82) is 0 Å². The molecule has 3 fully saturated rings. The molecule has 0 bridgehead atoms. The molecule has 3 saturated heterocycles. The van der Waals surface area contributed by atoms with Gasteiger partial charge in [0.1, 0.15) is 13.2 Å². The molecule has 0 spiro atoms. The highest BCUT2D eigenvalue weighted by atomic mass is 32.2. The number of amides is 2. The number of carbonyl (C=O) groups is 2. The Morgan fingerprint density at radius 2 is 1.93 bits per heavy atom. The van der Waals surface area contributed by atoms with Gasteiger partial charge >= 0.3 is 6.09 Å². The Hall–Kier alpha value is -2.13. The van der Waals surface area contributed by atoms with E-state index < -0.39 is 16.1 Å². The van der Waals surface area contributed by atoms with Crippen molar-refractivity contribution in [3.8, 4) is 0 Å². The van der Waals surface area contributed by atoms with E-state index in [9.17, 15) is 18.0 Å². The predicted molar refractivity (Wildman–Crippen MR) is 97.2 cm³/mol. The van der Waals surface area contributed by atoms with Crippen LogP contribution in [-0.4, -0.2) is 80.1 Å². The van der Waals surface area contributed by atoms with Gasteiger partial charge < -0.3 is 9.64 Å². The maximum atomic E-state index is 13.0. The van der Waals surface area contributed by atoms with Crippen LogP contribution in [0.25, 0.3) is 0 Å². The van der Waals surface area contributed by atoms with Crippen LogP contribution < -0.4 is 0 Å². The zero-order valence-electron chi connectivity index (χ0n) is 15.2. The standard InChI is InChI=1S/C18H23N3O5S/c1-27(24,25)20-9-14-10-21(16(22)12-19-7-8-26-18(19)23)17(15(14)11-20)13-5-3-2-4-6-13/h2-6,14-15,17H,7-12H2,1H3/t14-,15-,17+/m0/s1. The van der Waals surface area contributed by atoms with E-state index in [4.69, 9.17) is 4.74 Å². The third-order valence-corrected chi connectivity index (χ3v) is 6.97. The molecule has 0 aliphatic carbocycles. The molecule has 1 aromatic carbocycles. The minimum absolute atomic E-state index is 0.00258. The van der Waals surface area contributed by atoms with Crippen LogP contribution >= 0.6 is 0 Å². The quantitative estimate of drug-likeness (QED) is 0.745. The lowest BCUT2D eigenvalue weighted by Crippen LogP contribution is -2.42. The molecule has 0 N–H and O–H groups in total. The summed E-state index contributed by atoms with van der Waals surface area (Å²) in [5.74, 6) is 0.0269. The van der Waals surface area contributed by atoms with Crippen LogP contribution in [0.15, 0.2) is 30.3 Å². The summed E-state index contributed by atoms with van der Waals surface area (Å²) in [5.41, 5.74) is 0.998. The molecule has 3 atom stereocenters. The van der Waals surface area contributed by atoms with E-state index in [2.05, 4.69) is 0 Å². The lowest BCUT2D eigenvalue weighted by Gasteiger charge is -2.30. The monoisotopic (exact) mass is 393 g/mol.